The van der Waals surface area contributed by atoms with Crippen molar-refractivity contribution in [1.29, 1.82) is 0 Å². The van der Waals surface area contributed by atoms with Crippen molar-refractivity contribution in [2.45, 2.75) is 26.3 Å². The lowest BCUT2D eigenvalue weighted by Gasteiger charge is -2.12. The molecule has 1 aromatic carbocycles. The number of nitrogens with two attached hydrogens (primary N) is 1. The van der Waals surface area contributed by atoms with E-state index in [0.29, 0.717) is 17.9 Å². The van der Waals surface area contributed by atoms with Crippen LogP contribution in [-0.4, -0.2) is 31.0 Å². The Balaban J connectivity index is 2.52. The van der Waals surface area contributed by atoms with E-state index in [1.54, 1.807) is 24.3 Å². The quantitative estimate of drug-likeness (QED) is 0.658. The molecule has 1 rings (SSSR count). The minimum Gasteiger partial charge on any atom is -0.484 e. The number of anilines is 1. The molecule has 20 heavy (non-hydrogen) atoms. The second kappa shape index (κ2) is 8.16. The molecule has 0 bridgehead atoms. The summed E-state index contributed by atoms with van der Waals surface area (Å²) in [5, 5.41) is 5.95. The van der Waals surface area contributed by atoms with Crippen LogP contribution in [0.25, 0.3) is 0 Å². The van der Waals surface area contributed by atoms with E-state index in [4.69, 9.17) is 10.5 Å². The fraction of sp³-hybridized carbons (Fsp3) is 0.429. The first-order valence-electron chi connectivity index (χ1n) is 6.55. The van der Waals surface area contributed by atoms with Crippen molar-refractivity contribution >= 4 is 17.5 Å². The van der Waals surface area contributed by atoms with Crippen molar-refractivity contribution in [1.82, 2.24) is 5.32 Å². The minimum atomic E-state index is -0.543. The predicted octanol–water partition coefficient (Wildman–Crippen LogP) is 0.877. The summed E-state index contributed by atoms with van der Waals surface area (Å²) in [5.74, 6) is -0.134. The van der Waals surface area contributed by atoms with Gasteiger partial charge in [0.25, 0.3) is 5.91 Å². The van der Waals surface area contributed by atoms with Gasteiger partial charge < -0.3 is 21.1 Å². The number of benzene rings is 1. The molecule has 6 heteroatoms. The van der Waals surface area contributed by atoms with Crippen molar-refractivity contribution in [3.63, 3.8) is 0 Å². The van der Waals surface area contributed by atoms with Gasteiger partial charge in [-0.05, 0) is 25.6 Å². The van der Waals surface area contributed by atoms with E-state index < -0.39 is 5.91 Å². The monoisotopic (exact) mass is 279 g/mol. The standard InChI is InChI=1S/C14H21N3O3/c1-3-16-10(2)7-14(19)17-11-5-4-6-12(8-11)20-9-13(15)18/h4-6,8,10,16H,3,7,9H2,1-2H3,(H2,15,18)(H,17,19). The van der Waals surface area contributed by atoms with Crippen LogP contribution in [0, 0.1) is 0 Å². The summed E-state index contributed by atoms with van der Waals surface area (Å²) in [5.41, 5.74) is 5.63. The van der Waals surface area contributed by atoms with Crippen LogP contribution in [0.3, 0.4) is 0 Å². The second-order valence-corrected chi connectivity index (χ2v) is 4.49. The smallest absolute Gasteiger partial charge is 0.255 e. The first-order valence-corrected chi connectivity index (χ1v) is 6.55. The Labute approximate surface area is 118 Å². The molecule has 1 atom stereocenters. The maximum atomic E-state index is 11.8. The fourth-order valence-corrected chi connectivity index (χ4v) is 1.73. The largest absolute Gasteiger partial charge is 0.484 e. The van der Waals surface area contributed by atoms with Gasteiger partial charge in [-0.15, -0.1) is 0 Å². The van der Waals surface area contributed by atoms with Crippen molar-refractivity contribution < 1.29 is 14.3 Å². The molecule has 0 heterocycles. The fourth-order valence-electron chi connectivity index (χ4n) is 1.73. The number of hydrogen-bond donors (Lipinski definition) is 3. The molecule has 0 fully saturated rings. The average molecular weight is 279 g/mol. The molecular formula is C14H21N3O3. The molecule has 1 aromatic rings. The normalized spacial score (nSPS) is 11.7. The number of primary amides is 1. The van der Waals surface area contributed by atoms with Gasteiger partial charge in [-0.3, -0.25) is 9.59 Å². The van der Waals surface area contributed by atoms with Crippen LogP contribution in [0.15, 0.2) is 24.3 Å². The third kappa shape index (κ3) is 6.19. The van der Waals surface area contributed by atoms with Gasteiger partial charge in [-0.2, -0.15) is 0 Å². The molecule has 1 unspecified atom stereocenters. The van der Waals surface area contributed by atoms with Gasteiger partial charge in [0, 0.05) is 24.2 Å². The maximum absolute atomic E-state index is 11.8. The Bertz CT molecular complexity index is 463. The van der Waals surface area contributed by atoms with Crippen LogP contribution >= 0.6 is 0 Å². The van der Waals surface area contributed by atoms with E-state index in [2.05, 4.69) is 10.6 Å². The van der Waals surface area contributed by atoms with E-state index in [0.717, 1.165) is 6.54 Å². The lowest BCUT2D eigenvalue weighted by atomic mass is 10.2. The lowest BCUT2D eigenvalue weighted by molar-refractivity contribution is -0.120. The maximum Gasteiger partial charge on any atom is 0.255 e. The van der Waals surface area contributed by atoms with E-state index in [1.807, 2.05) is 13.8 Å². The number of hydrogen-bond acceptors (Lipinski definition) is 4. The zero-order chi connectivity index (χ0) is 15.0. The summed E-state index contributed by atoms with van der Waals surface area (Å²) < 4.78 is 5.17. The zero-order valence-corrected chi connectivity index (χ0v) is 11.8. The highest BCUT2D eigenvalue weighted by Crippen LogP contribution is 2.17. The first-order chi connectivity index (χ1) is 9.51. The van der Waals surface area contributed by atoms with Crippen LogP contribution in [0.1, 0.15) is 20.3 Å². The Morgan fingerprint density at radius 3 is 2.80 bits per heavy atom. The molecule has 0 saturated carbocycles. The Morgan fingerprint density at radius 2 is 2.15 bits per heavy atom. The van der Waals surface area contributed by atoms with Crippen LogP contribution in [0.5, 0.6) is 5.75 Å². The minimum absolute atomic E-state index is 0.0782. The summed E-state index contributed by atoms with van der Waals surface area (Å²) in [7, 11) is 0. The van der Waals surface area contributed by atoms with E-state index >= 15 is 0 Å². The molecule has 4 N–H and O–H groups in total. The van der Waals surface area contributed by atoms with Gasteiger partial charge in [-0.1, -0.05) is 13.0 Å². The molecule has 2 amide bonds. The van der Waals surface area contributed by atoms with Gasteiger partial charge in [0.1, 0.15) is 5.75 Å². The van der Waals surface area contributed by atoms with Crippen LogP contribution in [0.4, 0.5) is 5.69 Å². The topological polar surface area (TPSA) is 93.4 Å². The third-order valence-electron chi connectivity index (χ3n) is 2.54. The zero-order valence-electron chi connectivity index (χ0n) is 11.8. The number of ether oxygens (including phenoxy) is 1. The summed E-state index contributed by atoms with van der Waals surface area (Å²) in [6.45, 7) is 4.59. The highest BCUT2D eigenvalue weighted by Gasteiger charge is 2.08. The summed E-state index contributed by atoms with van der Waals surface area (Å²) in [6, 6.07) is 6.96. The van der Waals surface area contributed by atoms with Gasteiger partial charge in [0.15, 0.2) is 6.61 Å². The van der Waals surface area contributed by atoms with Crippen molar-refractivity contribution in [3.8, 4) is 5.75 Å². The van der Waals surface area contributed by atoms with E-state index in [1.165, 1.54) is 0 Å². The lowest BCUT2D eigenvalue weighted by Crippen LogP contribution is -2.30. The van der Waals surface area contributed by atoms with Crippen molar-refractivity contribution in [2.75, 3.05) is 18.5 Å². The third-order valence-corrected chi connectivity index (χ3v) is 2.54. The second-order valence-electron chi connectivity index (χ2n) is 4.49. The molecule has 0 saturated heterocycles. The predicted molar refractivity (Wildman–Crippen MR) is 77.5 cm³/mol. The summed E-state index contributed by atoms with van der Waals surface area (Å²) in [4.78, 5) is 22.4. The highest BCUT2D eigenvalue weighted by molar-refractivity contribution is 5.91. The first kappa shape index (κ1) is 16.0. The van der Waals surface area contributed by atoms with Crippen LogP contribution in [-0.2, 0) is 9.59 Å². The number of rotatable bonds is 8. The molecule has 0 aliphatic rings. The molecule has 0 spiro atoms. The van der Waals surface area contributed by atoms with Crippen LogP contribution < -0.4 is 21.1 Å². The Kier molecular flexibility index (Phi) is 6.52. The van der Waals surface area contributed by atoms with Gasteiger partial charge in [0.05, 0.1) is 0 Å². The van der Waals surface area contributed by atoms with Crippen LogP contribution in [0.2, 0.25) is 0 Å². The highest BCUT2D eigenvalue weighted by atomic mass is 16.5. The summed E-state index contributed by atoms with van der Waals surface area (Å²) in [6.07, 6.45) is 0.389. The molecule has 0 aliphatic carbocycles. The van der Waals surface area contributed by atoms with Gasteiger partial charge in [0.2, 0.25) is 5.91 Å². The Hall–Kier alpha value is -2.08. The number of nitrogens with one attached hydrogen (secondary N) is 2. The molecule has 0 aliphatic heterocycles. The SMILES string of the molecule is CCNC(C)CC(=O)Nc1cccc(OCC(N)=O)c1. The molecule has 0 aromatic heterocycles. The molecular weight excluding hydrogens is 258 g/mol. The van der Waals surface area contributed by atoms with E-state index in [9.17, 15) is 9.59 Å². The Morgan fingerprint density at radius 1 is 1.40 bits per heavy atom. The van der Waals surface area contributed by atoms with E-state index in [-0.39, 0.29) is 18.6 Å². The molecule has 6 nitrogen and oxygen atoms in total. The number of amides is 2. The average Bonchev–Trinajstić information content (AvgIpc) is 2.36. The van der Waals surface area contributed by atoms with Gasteiger partial charge >= 0.3 is 0 Å². The summed E-state index contributed by atoms with van der Waals surface area (Å²) >= 11 is 0. The molecule has 110 valence electrons. The number of carbonyl (C=O) groups excluding carboxylic acids is 2. The molecule has 0 radical (unpaired) electrons. The van der Waals surface area contributed by atoms with Crippen molar-refractivity contribution in [2.24, 2.45) is 5.73 Å². The van der Waals surface area contributed by atoms with Gasteiger partial charge in [-0.25, -0.2) is 0 Å². The number of carbonyl (C=O) groups is 2. The van der Waals surface area contributed by atoms with Crippen molar-refractivity contribution in [3.05, 3.63) is 24.3 Å².